The summed E-state index contributed by atoms with van der Waals surface area (Å²) in [6.45, 7) is -0.471. The van der Waals surface area contributed by atoms with Crippen LogP contribution in [0.4, 0.5) is 0 Å². The van der Waals surface area contributed by atoms with Gasteiger partial charge in [0.05, 0.1) is 4.91 Å². The highest BCUT2D eigenvalue weighted by Crippen LogP contribution is 2.35. The van der Waals surface area contributed by atoms with E-state index in [9.17, 15) is 19.5 Å². The molecule has 2 N–H and O–H groups in total. The molecule has 0 aliphatic carbocycles. The van der Waals surface area contributed by atoms with Crippen LogP contribution in [0.15, 0.2) is 29.2 Å². The molecule has 1 heterocycles. The van der Waals surface area contributed by atoms with Crippen molar-refractivity contribution in [2.24, 2.45) is 0 Å². The predicted octanol–water partition coefficient (Wildman–Crippen LogP) is 2.56. The Labute approximate surface area is 169 Å². The van der Waals surface area contributed by atoms with Gasteiger partial charge in [0.2, 0.25) is 0 Å². The minimum atomic E-state index is -1.09. The van der Waals surface area contributed by atoms with Gasteiger partial charge in [0.15, 0.2) is 6.61 Å². The van der Waals surface area contributed by atoms with Crippen LogP contribution in [-0.2, 0) is 14.4 Å². The lowest BCUT2D eigenvalue weighted by Crippen LogP contribution is -2.44. The Balaban J connectivity index is 2.21. The molecule has 0 radical (unpaired) electrons. The highest BCUT2D eigenvalue weighted by Gasteiger charge is 2.40. The molecule has 1 atom stereocenters. The first-order valence-electron chi connectivity index (χ1n) is 7.77. The molecule has 0 spiro atoms. The molecule has 1 amide bonds. The fourth-order valence-electron chi connectivity index (χ4n) is 2.33. The van der Waals surface area contributed by atoms with Gasteiger partial charge in [-0.1, -0.05) is 36.1 Å². The highest BCUT2D eigenvalue weighted by atomic mass is 32.2. The van der Waals surface area contributed by atoms with Gasteiger partial charge in [-0.2, -0.15) is 11.8 Å². The first-order valence-corrected chi connectivity index (χ1v) is 10.4. The smallest absolute Gasteiger partial charge is 0.341 e. The average Bonchev–Trinajstić information content (AvgIpc) is 2.88. The van der Waals surface area contributed by atoms with Crippen molar-refractivity contribution in [3.05, 3.63) is 34.7 Å². The fourth-order valence-corrected chi connectivity index (χ4v) is 4.15. The van der Waals surface area contributed by atoms with Gasteiger partial charge in [-0.15, -0.1) is 0 Å². The molecule has 2 rings (SSSR count). The Morgan fingerprint density at radius 2 is 2.15 bits per heavy atom. The zero-order valence-corrected chi connectivity index (χ0v) is 16.7. The van der Waals surface area contributed by atoms with E-state index in [0.29, 0.717) is 28.4 Å². The van der Waals surface area contributed by atoms with Gasteiger partial charge in [-0.25, -0.2) is 9.59 Å². The molecule has 1 aliphatic rings. The van der Waals surface area contributed by atoms with Gasteiger partial charge in [-0.3, -0.25) is 9.69 Å². The fraction of sp³-hybridized carbons (Fsp3) is 0.294. The minimum Gasteiger partial charge on any atom is -0.482 e. The maximum Gasteiger partial charge on any atom is 0.341 e. The van der Waals surface area contributed by atoms with E-state index >= 15 is 0 Å². The van der Waals surface area contributed by atoms with Crippen LogP contribution in [-0.4, -0.2) is 61.9 Å². The van der Waals surface area contributed by atoms with Crippen LogP contribution in [0.3, 0.4) is 0 Å². The predicted molar refractivity (Wildman–Crippen MR) is 109 cm³/mol. The number of ether oxygens (including phenoxy) is 1. The van der Waals surface area contributed by atoms with Crippen molar-refractivity contribution in [2.45, 2.75) is 12.5 Å². The lowest BCUT2D eigenvalue weighted by atomic mass is 10.1. The number of amides is 1. The highest BCUT2D eigenvalue weighted by molar-refractivity contribution is 8.26. The van der Waals surface area contributed by atoms with E-state index in [1.807, 2.05) is 6.26 Å². The van der Waals surface area contributed by atoms with Crippen LogP contribution >= 0.6 is 35.7 Å². The summed E-state index contributed by atoms with van der Waals surface area (Å²) in [4.78, 5) is 36.3. The lowest BCUT2D eigenvalue weighted by molar-refractivity contribution is -0.145. The average molecular weight is 428 g/mol. The van der Waals surface area contributed by atoms with Crippen molar-refractivity contribution in [3.8, 4) is 5.75 Å². The van der Waals surface area contributed by atoms with Crippen molar-refractivity contribution in [1.29, 1.82) is 0 Å². The van der Waals surface area contributed by atoms with Gasteiger partial charge in [-0.05, 0) is 42.2 Å². The number of hydrogen-bond acceptors (Lipinski definition) is 7. The number of nitrogens with zero attached hydrogens (tertiary/aromatic N) is 1. The summed E-state index contributed by atoms with van der Waals surface area (Å²) in [7, 11) is 0. The summed E-state index contributed by atoms with van der Waals surface area (Å²) in [5.41, 5.74) is 0.620. The van der Waals surface area contributed by atoms with E-state index in [2.05, 4.69) is 0 Å². The van der Waals surface area contributed by atoms with Crippen molar-refractivity contribution in [1.82, 2.24) is 4.90 Å². The topological polar surface area (TPSA) is 104 Å². The maximum absolute atomic E-state index is 12.7. The molecule has 0 bridgehead atoms. The monoisotopic (exact) mass is 427 g/mol. The zero-order chi connectivity index (χ0) is 20.0. The van der Waals surface area contributed by atoms with Crippen LogP contribution in [0.5, 0.6) is 5.75 Å². The van der Waals surface area contributed by atoms with E-state index < -0.39 is 30.5 Å². The van der Waals surface area contributed by atoms with Gasteiger partial charge in [0, 0.05) is 0 Å². The molecular weight excluding hydrogens is 410 g/mol. The normalized spacial score (nSPS) is 16.6. The van der Waals surface area contributed by atoms with E-state index in [1.54, 1.807) is 30.3 Å². The first kappa shape index (κ1) is 21.3. The first-order chi connectivity index (χ1) is 12.8. The third-order valence-electron chi connectivity index (χ3n) is 3.53. The van der Waals surface area contributed by atoms with E-state index in [-0.39, 0.29) is 4.32 Å². The van der Waals surface area contributed by atoms with Crippen LogP contribution in [0, 0.1) is 0 Å². The summed E-state index contributed by atoms with van der Waals surface area (Å²) in [5.74, 6) is -1.69. The Kier molecular flexibility index (Phi) is 7.69. The lowest BCUT2D eigenvalue weighted by Gasteiger charge is -2.22. The minimum absolute atomic E-state index is 0.207. The Hall–Kier alpha value is -2.04. The second kappa shape index (κ2) is 9.77. The molecule has 0 aromatic heterocycles. The standard InChI is InChI=1S/C17H17NO6S3/c1-26-6-5-12(16(22)23)18-15(21)13(27-17(18)25)8-10-3-2-4-11(7-10)24-9-14(19)20/h2-4,7-8,12H,5-6,9H2,1H3,(H,19,20)(H,22,23)/b13-8-. The molecule has 7 nitrogen and oxygen atoms in total. The number of hydrogen-bond donors (Lipinski definition) is 2. The van der Waals surface area contributed by atoms with Crippen LogP contribution in [0.1, 0.15) is 12.0 Å². The molecule has 1 aromatic carbocycles. The zero-order valence-electron chi connectivity index (χ0n) is 14.3. The Morgan fingerprint density at radius 1 is 1.41 bits per heavy atom. The Morgan fingerprint density at radius 3 is 2.78 bits per heavy atom. The summed E-state index contributed by atoms with van der Waals surface area (Å²) < 4.78 is 5.33. The largest absolute Gasteiger partial charge is 0.482 e. The molecule has 1 aliphatic heterocycles. The maximum atomic E-state index is 12.7. The third-order valence-corrected chi connectivity index (χ3v) is 5.51. The number of carboxylic acids is 2. The number of thiocarbonyl (C=S) groups is 1. The number of carbonyl (C=O) groups is 3. The number of carboxylic acid groups (broad SMARTS) is 2. The van der Waals surface area contributed by atoms with Gasteiger partial charge in [0.25, 0.3) is 5.91 Å². The Bertz CT molecular complexity index is 795. The van der Waals surface area contributed by atoms with Crippen molar-refractivity contribution in [3.63, 3.8) is 0 Å². The summed E-state index contributed by atoms with van der Waals surface area (Å²) in [6.07, 6.45) is 3.75. The summed E-state index contributed by atoms with van der Waals surface area (Å²) >= 11 is 7.76. The van der Waals surface area contributed by atoms with Gasteiger partial charge >= 0.3 is 11.9 Å². The number of benzene rings is 1. The summed E-state index contributed by atoms with van der Waals surface area (Å²) in [5, 5.41) is 18.1. The van der Waals surface area contributed by atoms with E-state index in [0.717, 1.165) is 16.7 Å². The number of thioether (sulfide) groups is 2. The molecule has 27 heavy (non-hydrogen) atoms. The van der Waals surface area contributed by atoms with Crippen molar-refractivity contribution < 1.29 is 29.3 Å². The molecule has 0 saturated carbocycles. The molecule has 10 heteroatoms. The van der Waals surface area contributed by atoms with Gasteiger partial charge in [0.1, 0.15) is 16.1 Å². The van der Waals surface area contributed by atoms with Gasteiger partial charge < -0.3 is 14.9 Å². The number of aliphatic carboxylic acids is 2. The molecule has 1 fully saturated rings. The van der Waals surface area contributed by atoms with E-state index in [1.165, 1.54) is 11.8 Å². The van der Waals surface area contributed by atoms with Crippen LogP contribution < -0.4 is 4.74 Å². The molecule has 144 valence electrons. The second-order valence-electron chi connectivity index (χ2n) is 5.44. The van der Waals surface area contributed by atoms with Crippen LogP contribution in [0.25, 0.3) is 6.08 Å². The third kappa shape index (κ3) is 5.72. The quantitative estimate of drug-likeness (QED) is 0.454. The second-order valence-corrected chi connectivity index (χ2v) is 8.10. The molecule has 1 aromatic rings. The van der Waals surface area contributed by atoms with Crippen molar-refractivity contribution in [2.75, 3.05) is 18.6 Å². The number of rotatable bonds is 9. The van der Waals surface area contributed by atoms with Crippen molar-refractivity contribution >= 4 is 64.0 Å². The number of carbonyl (C=O) groups excluding carboxylic acids is 1. The SMILES string of the molecule is CSCCC(C(=O)O)N1C(=O)/C(=C/c2cccc(OCC(=O)O)c2)SC1=S. The van der Waals surface area contributed by atoms with Crippen LogP contribution in [0.2, 0.25) is 0 Å². The molecule has 1 saturated heterocycles. The van der Waals surface area contributed by atoms with E-state index in [4.69, 9.17) is 22.1 Å². The molecule has 1 unspecified atom stereocenters. The molecular formula is C17H17NO6S3. The summed E-state index contributed by atoms with van der Waals surface area (Å²) in [6, 6.07) is 5.60.